The maximum atomic E-state index is 13.1. The summed E-state index contributed by atoms with van der Waals surface area (Å²) < 4.78 is 28.1. The number of nitrogens with zero attached hydrogens (tertiary/aromatic N) is 2. The minimum atomic E-state index is -3.47. The molecule has 148 valence electrons. The van der Waals surface area contributed by atoms with Crippen molar-refractivity contribution < 1.29 is 18.0 Å². The SMILES string of the molecule is O=C1NC(=O)c2c1c1c3c4c2c2c(n4CS(=O)(=O)CN3C3C=CC=CC=13)=CC=CC2. The number of nitrogens with one attached hydrogen (secondary N) is 1. The lowest BCUT2D eigenvalue weighted by Crippen LogP contribution is -2.36. The Hall–Kier alpha value is -3.39. The van der Waals surface area contributed by atoms with E-state index >= 15 is 0 Å². The van der Waals surface area contributed by atoms with Gasteiger partial charge >= 0.3 is 0 Å². The number of anilines is 1. The maximum Gasteiger partial charge on any atom is 0.259 e. The molecule has 0 radical (unpaired) electrons. The molecule has 1 aromatic carbocycles. The number of sulfone groups is 1. The molecule has 0 saturated carbocycles. The minimum Gasteiger partial charge on any atom is -0.344 e. The molecule has 1 unspecified atom stereocenters. The van der Waals surface area contributed by atoms with Gasteiger partial charge in [0.2, 0.25) is 0 Å². The molecule has 2 aliphatic carbocycles. The lowest BCUT2D eigenvalue weighted by Gasteiger charge is -2.26. The second kappa shape index (κ2) is 5.02. The van der Waals surface area contributed by atoms with Crippen molar-refractivity contribution in [1.29, 1.82) is 0 Å². The van der Waals surface area contributed by atoms with Gasteiger partial charge < -0.3 is 9.47 Å². The van der Waals surface area contributed by atoms with Crippen LogP contribution in [-0.2, 0) is 22.1 Å². The number of fused-ring (bicyclic) bond motifs is 8. The van der Waals surface area contributed by atoms with Crippen molar-refractivity contribution in [2.24, 2.45) is 0 Å². The summed E-state index contributed by atoms with van der Waals surface area (Å²) in [7, 11) is -3.47. The Morgan fingerprint density at radius 1 is 1.03 bits per heavy atom. The summed E-state index contributed by atoms with van der Waals surface area (Å²) >= 11 is 0. The van der Waals surface area contributed by atoms with Gasteiger partial charge in [-0.1, -0.05) is 36.5 Å². The fourth-order valence-corrected chi connectivity index (χ4v) is 7.03. The van der Waals surface area contributed by atoms with Crippen LogP contribution in [-0.4, -0.2) is 36.7 Å². The number of imide groups is 1. The van der Waals surface area contributed by atoms with Crippen molar-refractivity contribution in [3.05, 3.63) is 63.7 Å². The average Bonchev–Trinajstić information content (AvgIpc) is 3.27. The molecule has 30 heavy (non-hydrogen) atoms. The molecule has 0 spiro atoms. The molecule has 1 aromatic heterocycles. The van der Waals surface area contributed by atoms with E-state index in [9.17, 15) is 18.0 Å². The summed E-state index contributed by atoms with van der Waals surface area (Å²) in [6, 6.07) is -0.279. The molecule has 8 heteroatoms. The summed E-state index contributed by atoms with van der Waals surface area (Å²) in [5, 5.41) is 4.67. The number of aromatic nitrogens is 1. The van der Waals surface area contributed by atoms with E-state index in [1.54, 1.807) is 0 Å². The Kier molecular flexibility index (Phi) is 2.74. The third-order valence-corrected chi connectivity index (χ3v) is 7.91. The van der Waals surface area contributed by atoms with Gasteiger partial charge in [-0.15, -0.1) is 0 Å². The first-order valence-electron chi connectivity index (χ1n) is 9.76. The normalized spacial score (nSPS) is 23.9. The molecule has 0 bridgehead atoms. The fourth-order valence-electron chi connectivity index (χ4n) is 5.58. The van der Waals surface area contributed by atoms with Gasteiger partial charge in [0.15, 0.2) is 9.84 Å². The van der Waals surface area contributed by atoms with E-state index in [-0.39, 0.29) is 17.8 Å². The highest BCUT2D eigenvalue weighted by atomic mass is 32.2. The zero-order valence-corrected chi connectivity index (χ0v) is 16.5. The molecule has 5 aliphatic rings. The van der Waals surface area contributed by atoms with Gasteiger partial charge in [-0.3, -0.25) is 14.9 Å². The number of carbonyl (C=O) groups excluding carboxylic acids is 2. The first kappa shape index (κ1) is 16.4. The summed E-state index contributed by atoms with van der Waals surface area (Å²) in [5.74, 6) is -1.11. The highest BCUT2D eigenvalue weighted by molar-refractivity contribution is 7.90. The predicted molar refractivity (Wildman–Crippen MR) is 112 cm³/mol. The molecule has 2 amide bonds. The van der Waals surface area contributed by atoms with Crippen LogP contribution >= 0.6 is 0 Å². The molecule has 1 atom stereocenters. The fraction of sp³-hybridized carbons (Fsp3) is 0.182. The van der Waals surface area contributed by atoms with Crippen molar-refractivity contribution in [3.8, 4) is 0 Å². The number of amides is 2. The van der Waals surface area contributed by atoms with E-state index < -0.39 is 21.7 Å². The molecule has 7 nitrogen and oxygen atoms in total. The van der Waals surface area contributed by atoms with Gasteiger partial charge in [-0.05, 0) is 23.6 Å². The molecule has 3 aliphatic heterocycles. The topological polar surface area (TPSA) is 88.5 Å². The van der Waals surface area contributed by atoms with Gasteiger partial charge in [-0.25, -0.2) is 8.42 Å². The van der Waals surface area contributed by atoms with Gasteiger partial charge in [0.25, 0.3) is 11.8 Å². The van der Waals surface area contributed by atoms with E-state index in [1.165, 1.54) is 0 Å². The van der Waals surface area contributed by atoms with Crippen LogP contribution in [0.15, 0.2) is 36.5 Å². The van der Waals surface area contributed by atoms with Crippen LogP contribution in [0.1, 0.15) is 26.3 Å². The lowest BCUT2D eigenvalue weighted by molar-refractivity contribution is 0.0880. The van der Waals surface area contributed by atoms with Crippen LogP contribution in [0.25, 0.3) is 22.6 Å². The molecule has 4 heterocycles. The van der Waals surface area contributed by atoms with Crippen LogP contribution < -0.4 is 20.8 Å². The van der Waals surface area contributed by atoms with E-state index in [2.05, 4.69) is 5.32 Å². The summed E-state index contributed by atoms with van der Waals surface area (Å²) in [6.45, 7) is 0. The Morgan fingerprint density at radius 3 is 2.73 bits per heavy atom. The van der Waals surface area contributed by atoms with E-state index in [0.29, 0.717) is 28.2 Å². The molecule has 1 N–H and O–H groups in total. The second-order valence-electron chi connectivity index (χ2n) is 8.19. The van der Waals surface area contributed by atoms with Crippen LogP contribution in [0.5, 0.6) is 0 Å². The Labute approximate surface area is 170 Å². The zero-order chi connectivity index (χ0) is 20.4. The first-order chi connectivity index (χ1) is 14.5. The highest BCUT2D eigenvalue weighted by Gasteiger charge is 2.44. The van der Waals surface area contributed by atoms with E-state index in [1.807, 2.05) is 52.0 Å². The van der Waals surface area contributed by atoms with Gasteiger partial charge in [0, 0.05) is 16.0 Å². The molecular weight excluding hydrogens is 402 g/mol. The number of rotatable bonds is 0. The van der Waals surface area contributed by atoms with Crippen LogP contribution in [0, 0.1) is 0 Å². The molecule has 0 fully saturated rings. The van der Waals surface area contributed by atoms with Crippen molar-refractivity contribution >= 4 is 49.9 Å². The first-order valence-corrected chi connectivity index (χ1v) is 11.6. The number of carbonyl (C=O) groups is 2. The van der Waals surface area contributed by atoms with Gasteiger partial charge in [0.1, 0.15) is 11.8 Å². The smallest absolute Gasteiger partial charge is 0.259 e. The van der Waals surface area contributed by atoms with Gasteiger partial charge in [-0.2, -0.15) is 0 Å². The largest absolute Gasteiger partial charge is 0.344 e. The second-order valence-corrected chi connectivity index (χ2v) is 10.2. The van der Waals surface area contributed by atoms with Crippen LogP contribution in [0.4, 0.5) is 5.69 Å². The summed E-state index contributed by atoms with van der Waals surface area (Å²) in [5.41, 5.74) is 4.00. The van der Waals surface area contributed by atoms with Crippen LogP contribution in [0.2, 0.25) is 0 Å². The Balaban J connectivity index is 1.83. The Morgan fingerprint density at radius 2 is 1.87 bits per heavy atom. The molecule has 2 aromatic rings. The monoisotopic (exact) mass is 417 g/mol. The standard InChI is InChI=1S/C22H15N3O4S/c26-21-17-15-11-5-1-3-7-13(11)24-9-30(28,29)10-25-14-8-4-2-6-12(14)16(20(25)19(15)24)18(17)22(27)23-21/h1-5,7-8,13H,6,9-10H2,(H,23,26,27). The zero-order valence-electron chi connectivity index (χ0n) is 15.7. The number of benzene rings is 1. The molecular formula is C22H15N3O4S. The summed E-state index contributed by atoms with van der Waals surface area (Å²) in [6.07, 6.45) is 14.0. The van der Waals surface area contributed by atoms with Crippen molar-refractivity contribution in [3.63, 3.8) is 0 Å². The van der Waals surface area contributed by atoms with Crippen molar-refractivity contribution in [1.82, 2.24) is 9.88 Å². The predicted octanol–water partition coefficient (Wildman–Crippen LogP) is 0.226. The highest BCUT2D eigenvalue weighted by Crippen LogP contribution is 2.41. The quantitative estimate of drug-likeness (QED) is 0.620. The lowest BCUT2D eigenvalue weighted by atomic mass is 9.94. The maximum absolute atomic E-state index is 13.1. The van der Waals surface area contributed by atoms with Gasteiger partial charge in [0.05, 0.1) is 28.4 Å². The van der Waals surface area contributed by atoms with Crippen molar-refractivity contribution in [2.75, 3.05) is 10.8 Å². The summed E-state index contributed by atoms with van der Waals surface area (Å²) in [4.78, 5) is 27.7. The molecule has 0 saturated heterocycles. The average molecular weight is 417 g/mol. The van der Waals surface area contributed by atoms with E-state index in [0.717, 1.165) is 27.7 Å². The Bertz CT molecular complexity index is 1600. The van der Waals surface area contributed by atoms with E-state index in [4.69, 9.17) is 0 Å². The number of hydrogen-bond donors (Lipinski definition) is 1. The molecule has 7 rings (SSSR count). The van der Waals surface area contributed by atoms with Crippen molar-refractivity contribution in [2.45, 2.75) is 18.3 Å². The number of hydrogen-bond acceptors (Lipinski definition) is 5. The minimum absolute atomic E-state index is 0.137. The number of allylic oxidation sites excluding steroid dienone is 4. The third kappa shape index (κ3) is 1.75. The third-order valence-electron chi connectivity index (χ3n) is 6.59. The van der Waals surface area contributed by atoms with Crippen LogP contribution in [0.3, 0.4) is 0 Å².